The molecule has 1 aliphatic rings. The van der Waals surface area contributed by atoms with E-state index >= 15 is 0 Å². The highest BCUT2D eigenvalue weighted by atomic mass is 15.2. The molecule has 1 saturated carbocycles. The highest BCUT2D eigenvalue weighted by Crippen LogP contribution is 2.29. The van der Waals surface area contributed by atoms with E-state index in [4.69, 9.17) is 5.73 Å². The zero-order valence-electron chi connectivity index (χ0n) is 11.4. The van der Waals surface area contributed by atoms with Crippen molar-refractivity contribution in [2.75, 3.05) is 11.9 Å². The number of fused-ring (bicyclic) bond motifs is 1. The van der Waals surface area contributed by atoms with Gasteiger partial charge in [-0.15, -0.1) is 0 Å². The van der Waals surface area contributed by atoms with E-state index in [0.717, 1.165) is 18.7 Å². The van der Waals surface area contributed by atoms with Crippen LogP contribution in [0.2, 0.25) is 0 Å². The van der Waals surface area contributed by atoms with Gasteiger partial charge in [-0.3, -0.25) is 0 Å². The number of anilines is 1. The molecule has 0 amide bonds. The van der Waals surface area contributed by atoms with Crippen LogP contribution in [0.5, 0.6) is 0 Å². The van der Waals surface area contributed by atoms with Crippen LogP contribution in [-0.2, 0) is 0 Å². The summed E-state index contributed by atoms with van der Waals surface area (Å²) >= 11 is 0. The summed E-state index contributed by atoms with van der Waals surface area (Å²) < 4.78 is 0. The summed E-state index contributed by atoms with van der Waals surface area (Å²) in [5.74, 6) is 1.10. The molecule has 3 nitrogen and oxygen atoms in total. The van der Waals surface area contributed by atoms with E-state index in [1.807, 2.05) is 6.20 Å². The molecule has 1 aromatic heterocycles. The Morgan fingerprint density at radius 2 is 1.84 bits per heavy atom. The average molecular weight is 255 g/mol. The molecule has 2 aromatic rings. The third-order valence-corrected chi connectivity index (χ3v) is 4.28. The Labute approximate surface area is 114 Å². The smallest absolute Gasteiger partial charge is 0.136 e. The number of hydrogen-bond acceptors (Lipinski definition) is 3. The Morgan fingerprint density at radius 1 is 1.11 bits per heavy atom. The largest absolute Gasteiger partial charge is 0.356 e. The number of nitrogens with zero attached hydrogens (tertiary/aromatic N) is 2. The van der Waals surface area contributed by atoms with Crippen molar-refractivity contribution >= 4 is 16.6 Å². The van der Waals surface area contributed by atoms with Gasteiger partial charge in [-0.1, -0.05) is 24.3 Å². The van der Waals surface area contributed by atoms with Gasteiger partial charge < -0.3 is 10.6 Å². The molecule has 1 heterocycles. The summed E-state index contributed by atoms with van der Waals surface area (Å²) in [5.41, 5.74) is 5.99. The molecule has 0 radical (unpaired) electrons. The van der Waals surface area contributed by atoms with Gasteiger partial charge in [-0.25, -0.2) is 4.98 Å². The molecular weight excluding hydrogens is 234 g/mol. The zero-order chi connectivity index (χ0) is 13.2. The number of benzene rings is 1. The monoisotopic (exact) mass is 255 g/mol. The van der Waals surface area contributed by atoms with Gasteiger partial charge in [0.05, 0.1) is 0 Å². The maximum absolute atomic E-state index is 5.99. The van der Waals surface area contributed by atoms with Crippen LogP contribution in [0.1, 0.15) is 25.7 Å². The number of nitrogens with two attached hydrogens (primary N) is 1. The summed E-state index contributed by atoms with van der Waals surface area (Å²) in [7, 11) is 2.16. The van der Waals surface area contributed by atoms with E-state index in [0.29, 0.717) is 12.1 Å². The Morgan fingerprint density at radius 3 is 2.63 bits per heavy atom. The van der Waals surface area contributed by atoms with Gasteiger partial charge in [-0.2, -0.15) is 0 Å². The van der Waals surface area contributed by atoms with Crippen molar-refractivity contribution in [1.29, 1.82) is 0 Å². The molecular formula is C16H21N3. The van der Waals surface area contributed by atoms with Crippen molar-refractivity contribution in [1.82, 2.24) is 4.98 Å². The third-order valence-electron chi connectivity index (χ3n) is 4.28. The summed E-state index contributed by atoms with van der Waals surface area (Å²) in [6.45, 7) is 0. The van der Waals surface area contributed by atoms with Crippen LogP contribution in [0.25, 0.3) is 10.8 Å². The number of rotatable bonds is 2. The minimum absolute atomic E-state index is 0.394. The Balaban J connectivity index is 1.91. The fraction of sp³-hybridized carbons (Fsp3) is 0.438. The molecule has 1 fully saturated rings. The molecule has 0 bridgehead atoms. The normalized spacial score (nSPS) is 23.5. The van der Waals surface area contributed by atoms with Crippen molar-refractivity contribution in [2.24, 2.45) is 5.73 Å². The van der Waals surface area contributed by atoms with Crippen molar-refractivity contribution in [3.8, 4) is 0 Å². The first kappa shape index (κ1) is 12.4. The van der Waals surface area contributed by atoms with E-state index in [9.17, 15) is 0 Å². The lowest BCUT2D eigenvalue weighted by Crippen LogP contribution is -2.39. The zero-order valence-corrected chi connectivity index (χ0v) is 11.4. The van der Waals surface area contributed by atoms with Crippen molar-refractivity contribution in [3.63, 3.8) is 0 Å². The lowest BCUT2D eigenvalue weighted by molar-refractivity contribution is 0.384. The van der Waals surface area contributed by atoms with Crippen molar-refractivity contribution in [2.45, 2.75) is 37.8 Å². The second kappa shape index (κ2) is 5.17. The second-order valence-electron chi connectivity index (χ2n) is 5.54. The lowest BCUT2D eigenvalue weighted by Gasteiger charge is -2.34. The van der Waals surface area contributed by atoms with Gasteiger partial charge in [0.15, 0.2) is 0 Å². The SMILES string of the molecule is CN(c1nccc2ccccc12)C1CCC(N)CC1. The third kappa shape index (κ3) is 2.43. The predicted octanol–water partition coefficient (Wildman–Crippen LogP) is 2.94. The molecule has 100 valence electrons. The highest BCUT2D eigenvalue weighted by Gasteiger charge is 2.23. The maximum Gasteiger partial charge on any atom is 0.136 e. The maximum atomic E-state index is 5.99. The van der Waals surface area contributed by atoms with Crippen LogP contribution in [0.3, 0.4) is 0 Å². The van der Waals surface area contributed by atoms with Gasteiger partial charge in [0.25, 0.3) is 0 Å². The van der Waals surface area contributed by atoms with Crippen molar-refractivity contribution < 1.29 is 0 Å². The van der Waals surface area contributed by atoms with Gasteiger partial charge in [0.2, 0.25) is 0 Å². The molecule has 0 atom stereocenters. The quantitative estimate of drug-likeness (QED) is 0.897. The van der Waals surface area contributed by atoms with E-state index in [1.165, 1.54) is 23.6 Å². The standard InChI is InChI=1S/C16H21N3/c1-19(14-8-6-13(17)7-9-14)16-15-5-3-2-4-12(15)10-11-18-16/h2-5,10-11,13-14H,6-9,17H2,1H3. The first-order valence-corrected chi connectivity index (χ1v) is 7.08. The van der Waals surface area contributed by atoms with Gasteiger partial charge in [-0.05, 0) is 37.1 Å². The van der Waals surface area contributed by atoms with Gasteiger partial charge in [0.1, 0.15) is 5.82 Å². The minimum Gasteiger partial charge on any atom is -0.356 e. The molecule has 3 heteroatoms. The first-order valence-electron chi connectivity index (χ1n) is 7.08. The number of pyridine rings is 1. The Hall–Kier alpha value is -1.61. The Bertz CT molecular complexity index is 553. The Kier molecular flexibility index (Phi) is 3.38. The predicted molar refractivity (Wildman–Crippen MR) is 80.4 cm³/mol. The highest BCUT2D eigenvalue weighted by molar-refractivity contribution is 5.92. The average Bonchev–Trinajstić information content (AvgIpc) is 2.47. The van der Waals surface area contributed by atoms with Crippen LogP contribution in [-0.4, -0.2) is 24.1 Å². The second-order valence-corrected chi connectivity index (χ2v) is 5.54. The van der Waals surface area contributed by atoms with Crippen molar-refractivity contribution in [3.05, 3.63) is 36.5 Å². The van der Waals surface area contributed by atoms with Crippen LogP contribution < -0.4 is 10.6 Å². The molecule has 0 aliphatic heterocycles. The molecule has 1 aliphatic carbocycles. The molecule has 19 heavy (non-hydrogen) atoms. The fourth-order valence-corrected chi connectivity index (χ4v) is 3.05. The summed E-state index contributed by atoms with van der Waals surface area (Å²) in [5, 5.41) is 2.49. The van der Waals surface area contributed by atoms with Crippen LogP contribution in [0, 0.1) is 0 Å². The fourth-order valence-electron chi connectivity index (χ4n) is 3.05. The molecule has 0 unspecified atom stereocenters. The molecule has 0 saturated heterocycles. The minimum atomic E-state index is 0.394. The summed E-state index contributed by atoms with van der Waals surface area (Å²) in [6.07, 6.45) is 6.49. The first-order chi connectivity index (χ1) is 9.25. The molecule has 0 spiro atoms. The number of hydrogen-bond donors (Lipinski definition) is 1. The van der Waals surface area contributed by atoms with E-state index in [1.54, 1.807) is 0 Å². The molecule has 3 rings (SSSR count). The molecule has 2 N–H and O–H groups in total. The van der Waals surface area contributed by atoms with E-state index < -0.39 is 0 Å². The van der Waals surface area contributed by atoms with Crippen LogP contribution in [0.4, 0.5) is 5.82 Å². The topological polar surface area (TPSA) is 42.2 Å². The lowest BCUT2D eigenvalue weighted by atomic mass is 9.91. The van der Waals surface area contributed by atoms with Gasteiger partial charge >= 0.3 is 0 Å². The summed E-state index contributed by atoms with van der Waals surface area (Å²) in [6, 6.07) is 11.5. The van der Waals surface area contributed by atoms with E-state index in [-0.39, 0.29) is 0 Å². The number of aromatic nitrogens is 1. The van der Waals surface area contributed by atoms with Gasteiger partial charge in [0, 0.05) is 30.7 Å². The summed E-state index contributed by atoms with van der Waals surface area (Å²) in [4.78, 5) is 6.94. The van der Waals surface area contributed by atoms with Crippen LogP contribution in [0.15, 0.2) is 36.5 Å². The van der Waals surface area contributed by atoms with E-state index in [2.05, 4.69) is 47.3 Å². The van der Waals surface area contributed by atoms with Crippen LogP contribution >= 0.6 is 0 Å². The molecule has 1 aromatic carbocycles.